The van der Waals surface area contributed by atoms with Crippen molar-refractivity contribution in [3.05, 3.63) is 0 Å². The Morgan fingerprint density at radius 1 is 0.407 bits per heavy atom. The maximum absolute atomic E-state index is 12.8. The third kappa shape index (κ3) is 29.4. The topological polar surface area (TPSA) is 315 Å². The van der Waals surface area contributed by atoms with Gasteiger partial charge in [-0.2, -0.15) is 0 Å². The van der Waals surface area contributed by atoms with E-state index in [0.717, 1.165) is 42.9 Å². The second-order valence-corrected chi connectivity index (χ2v) is 79.6. The average molecular weight is 2070 g/mol. The minimum Gasteiger partial charge on any atom is -0.481 e. The van der Waals surface area contributed by atoms with E-state index in [1.807, 2.05) is 152 Å². The van der Waals surface area contributed by atoms with E-state index in [4.69, 9.17) is 87.6 Å². The van der Waals surface area contributed by atoms with E-state index >= 15 is 0 Å². The molecule has 0 spiro atoms. The Labute approximate surface area is 826 Å². The van der Waals surface area contributed by atoms with Crippen molar-refractivity contribution in [1.82, 2.24) is 0 Å². The smallest absolute Gasteiger partial charge is 0.479 e. The van der Waals surface area contributed by atoms with Gasteiger partial charge in [0, 0.05) is 61.8 Å². The molecule has 0 aromatic carbocycles. The van der Waals surface area contributed by atoms with Crippen LogP contribution in [0.2, 0.25) is 74.0 Å². The molecule has 784 valence electrons. The van der Waals surface area contributed by atoms with E-state index in [0.29, 0.717) is 86.2 Å². The molecule has 6 atom stereocenters. The van der Waals surface area contributed by atoms with Gasteiger partial charge in [0.1, 0.15) is 22.9 Å². The third-order valence-electron chi connectivity index (χ3n) is 32.5. The maximum Gasteiger partial charge on any atom is 0.479 e. The molecule has 0 aromatic rings. The molecule has 6 saturated carbocycles. The van der Waals surface area contributed by atoms with Crippen molar-refractivity contribution in [2.45, 2.75) is 504 Å². The summed E-state index contributed by atoms with van der Waals surface area (Å²) in [5.74, 6) is 3.04. The Bertz CT molecular complexity index is 3680. The summed E-state index contributed by atoms with van der Waals surface area (Å²) in [4.78, 5) is 83.5. The molecule has 9 saturated heterocycles. The molecule has 1 N–H and O–H groups in total. The van der Waals surface area contributed by atoms with Crippen molar-refractivity contribution in [2.24, 2.45) is 79.3 Å². The monoisotopic (exact) mass is 2060 g/mol. The highest BCUT2D eigenvalue weighted by Gasteiger charge is 2.82. The molecule has 0 amide bonds. The van der Waals surface area contributed by atoms with Crippen LogP contribution in [0.5, 0.6) is 0 Å². The molecule has 27 nitrogen and oxygen atoms in total. The molecule has 0 aromatic heterocycles. The van der Waals surface area contributed by atoms with E-state index in [1.54, 1.807) is 13.8 Å². The summed E-state index contributed by atoms with van der Waals surface area (Å²) in [6.45, 7) is 73.3. The Kier molecular flexibility index (Phi) is 41.3. The summed E-state index contributed by atoms with van der Waals surface area (Å²) in [5.41, 5.74) is -3.37. The van der Waals surface area contributed by atoms with Gasteiger partial charge in [-0.1, -0.05) is 174 Å². The van der Waals surface area contributed by atoms with Crippen molar-refractivity contribution in [3.8, 4) is 0 Å². The summed E-state index contributed by atoms with van der Waals surface area (Å²) in [5, 5.41) is 8.44. The minimum absolute atomic E-state index is 0.00857. The lowest BCUT2D eigenvalue weighted by Crippen LogP contribution is -2.88. The number of hydrogen-bond donors (Lipinski definition) is 1. The predicted octanol–water partition coefficient (Wildman–Crippen LogP) is 24.8. The Balaban J connectivity index is 0.000000233. The Hall–Kier alpha value is -2.28. The van der Waals surface area contributed by atoms with Crippen LogP contribution in [-0.4, -0.2) is 173 Å². The lowest BCUT2D eigenvalue weighted by molar-refractivity contribution is -0.206. The zero-order chi connectivity index (χ0) is 102. The molecule has 0 radical (unpaired) electrons. The van der Waals surface area contributed by atoms with Gasteiger partial charge in [0.05, 0.1) is 51.1 Å². The van der Waals surface area contributed by atoms with E-state index in [9.17, 15) is 33.6 Å². The number of hydrogen-bond acceptors (Lipinski definition) is 26. The zero-order valence-electron chi connectivity index (χ0n) is 91.2. The minimum atomic E-state index is -3.87. The number of carbonyl (C=O) groups excluding carboxylic acids is 6. The first-order valence-corrected chi connectivity index (χ1v) is 72.0. The van der Waals surface area contributed by atoms with Crippen LogP contribution in [0.25, 0.3) is 0 Å². The summed E-state index contributed by atoms with van der Waals surface area (Å²) < 4.78 is 126. The number of carbonyl (C=O) groups is 7. The summed E-state index contributed by atoms with van der Waals surface area (Å²) in [6, 6.07) is 4.58. The van der Waals surface area contributed by atoms with Gasteiger partial charge in [-0.15, -0.1) is 0 Å². The fourth-order valence-electron chi connectivity index (χ4n) is 20.2. The van der Waals surface area contributed by atoms with Crippen molar-refractivity contribution in [1.29, 1.82) is 0 Å². The first-order valence-electron chi connectivity index (χ1n) is 52.9. The molecule has 9 aliphatic heterocycles. The van der Waals surface area contributed by atoms with Crippen LogP contribution in [0.4, 0.5) is 0 Å². The van der Waals surface area contributed by atoms with Gasteiger partial charge in [0.2, 0.25) is 0 Å². The Morgan fingerprint density at radius 2 is 0.711 bits per heavy atom. The summed E-state index contributed by atoms with van der Waals surface area (Å²) >= 11 is 0. The summed E-state index contributed by atoms with van der Waals surface area (Å²) in [6.07, 6.45) is 26.5. The lowest BCUT2D eigenvalue weighted by atomic mass is 9.46. The fraction of sp³-hybridized carbons (Fsp3) is 0.929. The van der Waals surface area contributed by atoms with Gasteiger partial charge < -0.3 is 87.6 Å². The van der Waals surface area contributed by atoms with E-state index < -0.39 is 113 Å². The lowest BCUT2D eigenvalue weighted by Gasteiger charge is -2.63. The SMILES string of the molecule is CCC(C)(C)C(=O)O.CCC(C)(C)C(=O)OC(C)(C)C12CC3CC(CC(C3)C1)C2.CCC(C)(C)C(=O)OC(C)(C)C1CCCCC1.CCC(C)(C)C(=O)OC(C)(C)C1CCCCC1.CCC(C)(C)C(=O)OC1C2CC3C(=O)OC1C3O2.CCC(C)(C)C(=O)OCCC[Si]12O[Si]3(CC)O[Si]4(CC)O[Si]5(CC)O[Si](CC)(O3)O[Si](CC)(O[Si](CC)(O5)O[Si](CC)(O4)O1)O2.CCC(C)C[Si](C)(C)C. The molecule has 15 aliphatic rings. The molecule has 9 heterocycles. The normalized spacial score (nSPS) is 33.3. The van der Waals surface area contributed by atoms with Gasteiger partial charge in [-0.05, 0) is 276 Å². The number of carboxylic acids is 1. The number of carboxylic acid groups (broad SMARTS) is 1. The van der Waals surface area contributed by atoms with Crippen LogP contribution in [0.1, 0.15) is 389 Å². The summed E-state index contributed by atoms with van der Waals surface area (Å²) in [7, 11) is -30.4. The first-order chi connectivity index (χ1) is 62.3. The van der Waals surface area contributed by atoms with Crippen molar-refractivity contribution < 1.29 is 121 Å². The largest absolute Gasteiger partial charge is 0.481 e. The van der Waals surface area contributed by atoms with E-state index in [1.165, 1.54) is 115 Å². The molecule has 6 aliphatic carbocycles. The van der Waals surface area contributed by atoms with Crippen LogP contribution in [0.15, 0.2) is 0 Å². The van der Waals surface area contributed by atoms with Crippen LogP contribution in [0, 0.1) is 79.3 Å². The maximum atomic E-state index is 12.8. The Morgan fingerprint density at radius 3 is 0.993 bits per heavy atom. The van der Waals surface area contributed by atoms with Gasteiger partial charge in [-0.3, -0.25) is 33.6 Å². The van der Waals surface area contributed by atoms with Gasteiger partial charge in [-0.25, -0.2) is 0 Å². The van der Waals surface area contributed by atoms with Gasteiger partial charge in [0.15, 0.2) is 12.2 Å². The number of ether oxygens (including phenoxy) is 7. The molecule has 15 rings (SSSR count). The average Bonchev–Trinajstić information content (AvgIpc) is 1.39. The van der Waals surface area contributed by atoms with Crippen LogP contribution in [0.3, 0.4) is 0 Å². The van der Waals surface area contributed by atoms with E-state index in [-0.39, 0.29) is 105 Å². The number of esters is 6. The highest BCUT2D eigenvalue weighted by atomic mass is 28.6. The van der Waals surface area contributed by atoms with Crippen LogP contribution >= 0.6 is 0 Å². The molecule has 15 fully saturated rings. The van der Waals surface area contributed by atoms with Crippen molar-refractivity contribution in [2.75, 3.05) is 6.61 Å². The third-order valence-corrected chi connectivity index (χ3v) is 71.3. The molecule has 135 heavy (non-hydrogen) atoms. The standard InChI is InChI=1S/C23H52O14Si8.C19H32O2.2C15H28O2.C13H18O5.C8H20Si.C6H12O2/c1-11-23(9,10)22(24)25-20-19-21-45-35-42(16-6)29-39(13-3)26-38(12-2)27-40(14-4,31-42)33-44(18-8,37-45)34-41(15-5,28-38)32-43(17-7,30-39)36-45;1-6-17(2,3)16(20)21-18(4,5)19-10-13-7-14(11-19)9-15(8-13)12-19;2*1-6-14(2,3)13(16)17-15(4,5)12-10-8-7-9-11-12;1-4-13(2,3)12(15)18-9-7-5-6-8(16-7)10(9)17-11(6)14;1-6-8(2)7-9(3,4)5;1-4-6(2,3)5(7)8/h11-21H2,1-10H3;13-15H,6-12H2,1-5H3;2*12H,6-11H2,1-5H3;6-10H,4-5H2,1-3H3;8H,6-7H2,1-5H3;4H2,1-3H3,(H,7,8). The zero-order valence-corrected chi connectivity index (χ0v) is 100. The predicted molar refractivity (Wildman–Crippen MR) is 543 cm³/mol. The van der Waals surface area contributed by atoms with Crippen molar-refractivity contribution in [3.63, 3.8) is 0 Å². The van der Waals surface area contributed by atoms with Crippen LogP contribution < -0.4 is 0 Å². The molecular weight excluding hydrogens is 1870 g/mol. The van der Waals surface area contributed by atoms with Gasteiger partial charge in [0.25, 0.3) is 0 Å². The second-order valence-electron chi connectivity index (χ2n) is 47.9. The number of aliphatic carboxylic acids is 1. The number of rotatable bonds is 33. The molecule has 36 heteroatoms. The highest BCUT2D eigenvalue weighted by Crippen LogP contribution is 2.65. The highest BCUT2D eigenvalue weighted by molar-refractivity contribution is 7.03. The number of fused-ring (bicyclic) bond motifs is 1. The molecular formula is C99H190O27Si9. The molecule has 14 bridgehead atoms. The first kappa shape index (κ1) is 120. The van der Waals surface area contributed by atoms with Crippen molar-refractivity contribution >= 4 is 120 Å². The van der Waals surface area contributed by atoms with Crippen LogP contribution in [-0.2, 0) is 116 Å². The van der Waals surface area contributed by atoms with E-state index in [2.05, 4.69) is 82.0 Å². The fourth-order valence-corrected chi connectivity index (χ4v) is 72.3. The molecule has 6 unspecified atom stereocenters. The van der Waals surface area contributed by atoms with Gasteiger partial charge >= 0.3 is 112 Å². The second kappa shape index (κ2) is 46.6. The quantitative estimate of drug-likeness (QED) is 0.0276.